The lowest BCUT2D eigenvalue weighted by molar-refractivity contribution is 0.765. The predicted octanol–water partition coefficient (Wildman–Crippen LogP) is 3.78. The smallest absolute Gasteiger partial charge is 0.176 e. The summed E-state index contributed by atoms with van der Waals surface area (Å²) in [6.07, 6.45) is 0. The summed E-state index contributed by atoms with van der Waals surface area (Å²) in [6, 6.07) is 26.9. The molecular formula is C19H14N4. The van der Waals surface area contributed by atoms with Crippen LogP contribution in [0.2, 0.25) is 0 Å². The number of hydrogen-bond donors (Lipinski definition) is 1. The van der Waals surface area contributed by atoms with Crippen LogP contribution in [0.5, 0.6) is 0 Å². The van der Waals surface area contributed by atoms with Gasteiger partial charge in [0.2, 0.25) is 0 Å². The lowest BCUT2D eigenvalue weighted by Crippen LogP contribution is -2.46. The van der Waals surface area contributed by atoms with Crippen molar-refractivity contribution in [3.8, 4) is 11.1 Å². The summed E-state index contributed by atoms with van der Waals surface area (Å²) in [7, 11) is 0. The molecule has 110 valence electrons. The van der Waals surface area contributed by atoms with Crippen LogP contribution in [-0.4, -0.2) is 5.84 Å². The molecule has 0 aromatic heterocycles. The molecule has 0 amide bonds. The van der Waals surface area contributed by atoms with Crippen LogP contribution in [0, 0.1) is 0 Å². The molecule has 2 heterocycles. The fraction of sp³-hybridized carbons (Fsp3) is 0. The SMILES string of the molecule is c1ccc(C2=NN3c4ccccc4-c4ccccc4N3N2)cc1. The minimum Gasteiger partial charge on any atom is -0.259 e. The molecule has 0 unspecified atom stereocenters. The van der Waals surface area contributed by atoms with Crippen LogP contribution in [0.25, 0.3) is 11.1 Å². The Kier molecular flexibility index (Phi) is 2.46. The van der Waals surface area contributed by atoms with Gasteiger partial charge in [0.15, 0.2) is 5.84 Å². The van der Waals surface area contributed by atoms with Crippen molar-refractivity contribution in [3.05, 3.63) is 84.4 Å². The number of nitrogens with zero attached hydrogens (tertiary/aromatic N) is 3. The van der Waals surface area contributed by atoms with E-state index in [1.807, 2.05) is 40.6 Å². The van der Waals surface area contributed by atoms with E-state index >= 15 is 0 Å². The summed E-state index contributed by atoms with van der Waals surface area (Å²) >= 11 is 0. The minimum atomic E-state index is 0.845. The molecule has 0 saturated carbocycles. The molecule has 5 rings (SSSR count). The van der Waals surface area contributed by atoms with E-state index in [1.54, 1.807) is 0 Å². The zero-order valence-electron chi connectivity index (χ0n) is 12.3. The molecule has 3 aromatic rings. The number of rotatable bonds is 1. The van der Waals surface area contributed by atoms with E-state index in [-0.39, 0.29) is 0 Å². The summed E-state index contributed by atoms with van der Waals surface area (Å²) in [5.41, 5.74) is 9.05. The highest BCUT2D eigenvalue weighted by Crippen LogP contribution is 2.43. The number of anilines is 2. The Labute approximate surface area is 134 Å². The van der Waals surface area contributed by atoms with Gasteiger partial charge in [-0.05, 0) is 12.1 Å². The topological polar surface area (TPSA) is 30.9 Å². The Morgan fingerprint density at radius 1 is 0.652 bits per heavy atom. The molecule has 0 fully saturated rings. The van der Waals surface area contributed by atoms with Crippen molar-refractivity contribution in [2.24, 2.45) is 5.10 Å². The molecule has 3 aromatic carbocycles. The van der Waals surface area contributed by atoms with Crippen molar-refractivity contribution in [2.45, 2.75) is 0 Å². The molecule has 23 heavy (non-hydrogen) atoms. The fourth-order valence-corrected chi connectivity index (χ4v) is 3.11. The first-order chi connectivity index (χ1) is 11.4. The monoisotopic (exact) mass is 298 g/mol. The van der Waals surface area contributed by atoms with Crippen molar-refractivity contribution in [1.82, 2.24) is 5.43 Å². The van der Waals surface area contributed by atoms with Crippen molar-refractivity contribution in [3.63, 3.8) is 0 Å². The summed E-state index contributed by atoms with van der Waals surface area (Å²) in [4.78, 5) is 0. The Hall–Kier alpha value is -3.27. The number of benzene rings is 3. The van der Waals surface area contributed by atoms with Crippen LogP contribution in [0.3, 0.4) is 0 Å². The summed E-state index contributed by atoms with van der Waals surface area (Å²) in [6.45, 7) is 0. The molecule has 0 aliphatic carbocycles. The summed E-state index contributed by atoms with van der Waals surface area (Å²) in [5, 5.41) is 8.72. The number of hydrazine groups is 2. The second kappa shape index (κ2) is 4.61. The largest absolute Gasteiger partial charge is 0.259 e. The Balaban J connectivity index is 1.70. The third-order valence-electron chi connectivity index (χ3n) is 4.19. The molecular weight excluding hydrogens is 284 g/mol. The first-order valence-electron chi connectivity index (χ1n) is 7.61. The third-order valence-corrected chi connectivity index (χ3v) is 4.19. The van der Waals surface area contributed by atoms with E-state index < -0.39 is 0 Å². The summed E-state index contributed by atoms with van der Waals surface area (Å²) in [5.74, 6) is 0.845. The van der Waals surface area contributed by atoms with Gasteiger partial charge in [0.25, 0.3) is 0 Å². The highest BCUT2D eigenvalue weighted by Gasteiger charge is 2.33. The van der Waals surface area contributed by atoms with Gasteiger partial charge in [0, 0.05) is 16.7 Å². The average Bonchev–Trinajstić information content (AvgIpc) is 3.09. The maximum Gasteiger partial charge on any atom is 0.176 e. The highest BCUT2D eigenvalue weighted by atomic mass is 15.9. The second-order valence-electron chi connectivity index (χ2n) is 5.56. The molecule has 2 aliphatic rings. The first-order valence-corrected chi connectivity index (χ1v) is 7.61. The molecule has 0 atom stereocenters. The first kappa shape index (κ1) is 12.3. The number of nitrogens with one attached hydrogen (secondary N) is 1. The van der Waals surface area contributed by atoms with Gasteiger partial charge in [0.1, 0.15) is 0 Å². The molecule has 2 aliphatic heterocycles. The minimum absolute atomic E-state index is 0.845. The van der Waals surface area contributed by atoms with Crippen LogP contribution < -0.4 is 15.7 Å². The van der Waals surface area contributed by atoms with E-state index in [1.165, 1.54) is 11.1 Å². The molecule has 1 N–H and O–H groups in total. The molecule has 0 bridgehead atoms. The van der Waals surface area contributed by atoms with E-state index in [0.717, 1.165) is 22.8 Å². The second-order valence-corrected chi connectivity index (χ2v) is 5.56. The van der Waals surface area contributed by atoms with Gasteiger partial charge in [0.05, 0.1) is 11.4 Å². The summed E-state index contributed by atoms with van der Waals surface area (Å²) < 4.78 is 0. The number of amidine groups is 1. The van der Waals surface area contributed by atoms with Crippen LogP contribution in [0.1, 0.15) is 5.56 Å². The van der Waals surface area contributed by atoms with Gasteiger partial charge in [-0.1, -0.05) is 66.7 Å². The molecule has 0 spiro atoms. The number of hydrogen-bond acceptors (Lipinski definition) is 4. The average molecular weight is 298 g/mol. The van der Waals surface area contributed by atoms with Crippen molar-refractivity contribution < 1.29 is 0 Å². The Bertz CT molecular complexity index is 917. The van der Waals surface area contributed by atoms with E-state index in [2.05, 4.69) is 54.0 Å². The lowest BCUT2D eigenvalue weighted by atomic mass is 10.00. The van der Waals surface area contributed by atoms with E-state index in [4.69, 9.17) is 5.10 Å². The van der Waals surface area contributed by atoms with Crippen LogP contribution in [0.15, 0.2) is 84.0 Å². The van der Waals surface area contributed by atoms with Gasteiger partial charge in [-0.15, -0.1) is 5.10 Å². The zero-order chi connectivity index (χ0) is 15.2. The number of hydrazone groups is 1. The maximum atomic E-state index is 4.79. The zero-order valence-corrected chi connectivity index (χ0v) is 12.3. The van der Waals surface area contributed by atoms with E-state index in [9.17, 15) is 0 Å². The van der Waals surface area contributed by atoms with Crippen molar-refractivity contribution in [1.29, 1.82) is 0 Å². The number of para-hydroxylation sites is 2. The molecule has 4 nitrogen and oxygen atoms in total. The van der Waals surface area contributed by atoms with Gasteiger partial charge in [-0.25, -0.2) is 0 Å². The Morgan fingerprint density at radius 3 is 2.04 bits per heavy atom. The fourth-order valence-electron chi connectivity index (χ4n) is 3.11. The molecule has 4 heteroatoms. The molecule has 0 radical (unpaired) electrons. The Morgan fingerprint density at radius 2 is 1.26 bits per heavy atom. The quantitative estimate of drug-likeness (QED) is 0.742. The van der Waals surface area contributed by atoms with Crippen LogP contribution >= 0.6 is 0 Å². The third kappa shape index (κ3) is 1.75. The van der Waals surface area contributed by atoms with E-state index in [0.29, 0.717) is 0 Å². The van der Waals surface area contributed by atoms with Crippen molar-refractivity contribution in [2.75, 3.05) is 10.2 Å². The maximum absolute atomic E-state index is 4.79. The predicted molar refractivity (Wildman–Crippen MR) is 93.0 cm³/mol. The van der Waals surface area contributed by atoms with Gasteiger partial charge >= 0.3 is 0 Å². The molecule has 0 saturated heterocycles. The normalized spacial score (nSPS) is 14.5. The van der Waals surface area contributed by atoms with Gasteiger partial charge in [-0.2, -0.15) is 10.2 Å². The van der Waals surface area contributed by atoms with Crippen LogP contribution in [0.4, 0.5) is 11.4 Å². The number of fused-ring (bicyclic) bond motifs is 6. The van der Waals surface area contributed by atoms with Crippen molar-refractivity contribution >= 4 is 17.2 Å². The highest BCUT2D eigenvalue weighted by molar-refractivity contribution is 6.05. The standard InChI is InChI=1S/C19H14N4/c1-2-8-14(9-3-1)19-20-22-17-12-6-4-10-15(17)16-11-5-7-13-18(16)23(22)21-19/h1-13H,(H,20,21). The van der Waals surface area contributed by atoms with Crippen LogP contribution in [-0.2, 0) is 0 Å². The van der Waals surface area contributed by atoms with Gasteiger partial charge in [-0.3, -0.25) is 5.43 Å². The lowest BCUT2D eigenvalue weighted by Gasteiger charge is -2.35. The van der Waals surface area contributed by atoms with Gasteiger partial charge < -0.3 is 0 Å².